The normalized spacial score (nSPS) is 19.6. The first-order valence-electron chi connectivity index (χ1n) is 6.47. The molecule has 1 aliphatic rings. The predicted molar refractivity (Wildman–Crippen MR) is 76.5 cm³/mol. The second kappa shape index (κ2) is 6.78. The van der Waals surface area contributed by atoms with Crippen LogP contribution in [0.15, 0.2) is 29.0 Å². The zero-order valence-electron chi connectivity index (χ0n) is 11.3. The van der Waals surface area contributed by atoms with Gasteiger partial charge in [0, 0.05) is 38.1 Å². The second-order valence-corrected chi connectivity index (χ2v) is 4.71. The van der Waals surface area contributed by atoms with Gasteiger partial charge in [-0.2, -0.15) is 4.98 Å². The Morgan fingerprint density at radius 1 is 1.50 bits per heavy atom. The minimum absolute atomic E-state index is 0. The van der Waals surface area contributed by atoms with Gasteiger partial charge in [-0.25, -0.2) is 0 Å². The largest absolute Gasteiger partial charge is 0.338 e. The van der Waals surface area contributed by atoms with Crippen LogP contribution in [0.3, 0.4) is 0 Å². The Bertz CT molecular complexity index is 533. The molecule has 3 rings (SSSR count). The van der Waals surface area contributed by atoms with Crippen LogP contribution in [0.2, 0.25) is 0 Å². The summed E-state index contributed by atoms with van der Waals surface area (Å²) in [6.07, 6.45) is 3.72. The van der Waals surface area contributed by atoms with Gasteiger partial charge < -0.3 is 9.84 Å². The van der Waals surface area contributed by atoms with Gasteiger partial charge in [0.15, 0.2) is 5.82 Å². The number of hydrogen-bond donors (Lipinski definition) is 1. The molecule has 1 saturated heterocycles. The standard InChI is InChI=1S/C13H17N5O.ClH/c1-10-16-13(19-17-10)9-18-6-5-15-8-12(18)11-3-2-4-14-7-11;/h2-4,7,12,15H,5-6,8-9H2,1H3;1H. The summed E-state index contributed by atoms with van der Waals surface area (Å²) in [5.41, 5.74) is 1.21. The molecule has 108 valence electrons. The number of halogens is 1. The van der Waals surface area contributed by atoms with Crippen molar-refractivity contribution in [3.05, 3.63) is 41.8 Å². The second-order valence-electron chi connectivity index (χ2n) is 4.71. The van der Waals surface area contributed by atoms with E-state index < -0.39 is 0 Å². The third-order valence-corrected chi connectivity index (χ3v) is 3.33. The summed E-state index contributed by atoms with van der Waals surface area (Å²) in [6, 6.07) is 4.38. The third-order valence-electron chi connectivity index (χ3n) is 3.33. The highest BCUT2D eigenvalue weighted by Crippen LogP contribution is 2.22. The van der Waals surface area contributed by atoms with Crippen molar-refractivity contribution in [1.82, 2.24) is 25.3 Å². The molecule has 1 N–H and O–H groups in total. The van der Waals surface area contributed by atoms with Crippen LogP contribution in [0.25, 0.3) is 0 Å². The summed E-state index contributed by atoms with van der Waals surface area (Å²) >= 11 is 0. The molecular formula is C13H18ClN5O. The monoisotopic (exact) mass is 295 g/mol. The average Bonchev–Trinajstić information content (AvgIpc) is 2.86. The van der Waals surface area contributed by atoms with Gasteiger partial charge in [0.1, 0.15) is 0 Å². The number of nitrogens with zero attached hydrogens (tertiary/aromatic N) is 4. The summed E-state index contributed by atoms with van der Waals surface area (Å²) in [5, 5.41) is 7.26. The van der Waals surface area contributed by atoms with Crippen LogP contribution in [0.1, 0.15) is 23.3 Å². The van der Waals surface area contributed by atoms with Crippen molar-refractivity contribution >= 4 is 12.4 Å². The van der Waals surface area contributed by atoms with Crippen LogP contribution >= 0.6 is 12.4 Å². The van der Waals surface area contributed by atoms with Crippen molar-refractivity contribution in [3.8, 4) is 0 Å². The van der Waals surface area contributed by atoms with E-state index in [1.54, 1.807) is 6.20 Å². The van der Waals surface area contributed by atoms with E-state index in [2.05, 4.69) is 31.4 Å². The first kappa shape index (κ1) is 14.9. The highest BCUT2D eigenvalue weighted by Gasteiger charge is 2.25. The molecule has 3 heterocycles. The summed E-state index contributed by atoms with van der Waals surface area (Å²) in [7, 11) is 0. The number of rotatable bonds is 3. The zero-order chi connectivity index (χ0) is 13.1. The SMILES string of the molecule is Cc1noc(CN2CCNCC2c2cccnc2)n1.Cl. The van der Waals surface area contributed by atoms with Gasteiger partial charge >= 0.3 is 0 Å². The lowest BCUT2D eigenvalue weighted by Crippen LogP contribution is -2.45. The van der Waals surface area contributed by atoms with E-state index in [9.17, 15) is 0 Å². The summed E-state index contributed by atoms with van der Waals surface area (Å²) in [4.78, 5) is 10.8. The molecule has 0 radical (unpaired) electrons. The predicted octanol–water partition coefficient (Wildman–Crippen LogP) is 1.34. The Labute approximate surface area is 124 Å². The van der Waals surface area contributed by atoms with Crippen LogP contribution in [-0.4, -0.2) is 39.7 Å². The fraction of sp³-hybridized carbons (Fsp3) is 0.462. The topological polar surface area (TPSA) is 67.1 Å². The van der Waals surface area contributed by atoms with Gasteiger partial charge in [-0.05, 0) is 18.6 Å². The molecule has 1 unspecified atom stereocenters. The lowest BCUT2D eigenvalue weighted by Gasteiger charge is -2.35. The minimum Gasteiger partial charge on any atom is -0.338 e. The van der Waals surface area contributed by atoms with Crippen molar-refractivity contribution in [2.24, 2.45) is 0 Å². The van der Waals surface area contributed by atoms with Crippen LogP contribution in [-0.2, 0) is 6.54 Å². The molecule has 20 heavy (non-hydrogen) atoms. The Hall–Kier alpha value is -1.50. The maximum atomic E-state index is 5.21. The molecule has 0 amide bonds. The molecule has 0 bridgehead atoms. The van der Waals surface area contributed by atoms with E-state index >= 15 is 0 Å². The minimum atomic E-state index is 0. The quantitative estimate of drug-likeness (QED) is 0.922. The first-order chi connectivity index (χ1) is 9.33. The van der Waals surface area contributed by atoms with Crippen LogP contribution < -0.4 is 5.32 Å². The van der Waals surface area contributed by atoms with Crippen molar-refractivity contribution < 1.29 is 4.52 Å². The van der Waals surface area contributed by atoms with E-state index in [0.717, 1.165) is 19.6 Å². The lowest BCUT2D eigenvalue weighted by molar-refractivity contribution is 0.135. The zero-order valence-corrected chi connectivity index (χ0v) is 12.1. The Morgan fingerprint density at radius 2 is 2.40 bits per heavy atom. The van der Waals surface area contributed by atoms with Gasteiger partial charge in [0.25, 0.3) is 0 Å². The van der Waals surface area contributed by atoms with Crippen LogP contribution in [0.5, 0.6) is 0 Å². The van der Waals surface area contributed by atoms with Crippen LogP contribution in [0, 0.1) is 6.92 Å². The van der Waals surface area contributed by atoms with E-state index in [1.165, 1.54) is 5.56 Å². The molecular weight excluding hydrogens is 278 g/mol. The summed E-state index contributed by atoms with van der Waals surface area (Å²) in [5.74, 6) is 1.36. The lowest BCUT2D eigenvalue weighted by atomic mass is 10.1. The number of piperazine rings is 1. The Kier molecular flexibility index (Phi) is 5.05. The summed E-state index contributed by atoms with van der Waals surface area (Å²) in [6.45, 7) is 5.37. The highest BCUT2D eigenvalue weighted by molar-refractivity contribution is 5.85. The molecule has 0 spiro atoms. The number of aromatic nitrogens is 3. The molecule has 0 aliphatic carbocycles. The molecule has 1 atom stereocenters. The molecule has 6 nitrogen and oxygen atoms in total. The van der Waals surface area contributed by atoms with Crippen LogP contribution in [0.4, 0.5) is 0 Å². The van der Waals surface area contributed by atoms with Crippen molar-refractivity contribution in [2.75, 3.05) is 19.6 Å². The Balaban J connectivity index is 0.00000147. The maximum absolute atomic E-state index is 5.21. The maximum Gasteiger partial charge on any atom is 0.240 e. The molecule has 1 aliphatic heterocycles. The first-order valence-corrected chi connectivity index (χ1v) is 6.47. The number of nitrogens with one attached hydrogen (secondary N) is 1. The van der Waals surface area contributed by atoms with Gasteiger partial charge in [0.2, 0.25) is 5.89 Å². The van der Waals surface area contributed by atoms with Crippen molar-refractivity contribution in [3.63, 3.8) is 0 Å². The van der Waals surface area contributed by atoms with Gasteiger partial charge in [0.05, 0.1) is 6.54 Å². The van der Waals surface area contributed by atoms with Gasteiger partial charge in [-0.1, -0.05) is 11.2 Å². The van der Waals surface area contributed by atoms with Crippen molar-refractivity contribution in [1.29, 1.82) is 0 Å². The average molecular weight is 296 g/mol. The smallest absolute Gasteiger partial charge is 0.240 e. The highest BCUT2D eigenvalue weighted by atomic mass is 35.5. The molecule has 0 saturated carbocycles. The van der Waals surface area contributed by atoms with E-state index in [1.807, 2.05) is 19.2 Å². The number of aryl methyl sites for hydroxylation is 1. The van der Waals surface area contributed by atoms with Gasteiger partial charge in [-0.15, -0.1) is 12.4 Å². The fourth-order valence-electron chi connectivity index (χ4n) is 2.42. The fourth-order valence-corrected chi connectivity index (χ4v) is 2.42. The number of pyridine rings is 1. The summed E-state index contributed by atoms with van der Waals surface area (Å²) < 4.78 is 5.21. The van der Waals surface area contributed by atoms with E-state index in [-0.39, 0.29) is 12.4 Å². The molecule has 1 fully saturated rings. The van der Waals surface area contributed by atoms with E-state index in [0.29, 0.717) is 24.3 Å². The number of hydrogen-bond acceptors (Lipinski definition) is 6. The molecule has 2 aromatic rings. The molecule has 2 aromatic heterocycles. The molecule has 7 heteroatoms. The van der Waals surface area contributed by atoms with E-state index in [4.69, 9.17) is 4.52 Å². The molecule has 0 aromatic carbocycles. The third kappa shape index (κ3) is 3.33. The van der Waals surface area contributed by atoms with Gasteiger partial charge in [-0.3, -0.25) is 9.88 Å². The Morgan fingerprint density at radius 3 is 3.10 bits per heavy atom. The van der Waals surface area contributed by atoms with Crippen molar-refractivity contribution in [2.45, 2.75) is 19.5 Å².